The lowest BCUT2D eigenvalue weighted by molar-refractivity contribution is -0.124. The third-order valence-corrected chi connectivity index (χ3v) is 2.69. The lowest BCUT2D eigenvalue weighted by atomic mass is 10.1. The molecule has 0 aliphatic heterocycles. The van der Waals surface area contributed by atoms with Gasteiger partial charge in [-0.25, -0.2) is 0 Å². The van der Waals surface area contributed by atoms with Crippen LogP contribution < -0.4 is 20.1 Å². The second-order valence-electron chi connectivity index (χ2n) is 4.27. The minimum Gasteiger partial charge on any atom is -0.497 e. The van der Waals surface area contributed by atoms with Gasteiger partial charge in [-0.05, 0) is 31.3 Å². The quantitative estimate of drug-likeness (QED) is 0.690. The van der Waals surface area contributed by atoms with Crippen LogP contribution in [0.15, 0.2) is 24.3 Å². The molecular formula is C14H22N2O3. The molecule has 0 aliphatic rings. The number of ether oxygens (including phenoxy) is 2. The standard InChI is InChI=1S/C14H22N2O3/c1-11(10-15-2)14(17)16-8-9-19-13-6-4-12(18-3)5-7-13/h4-7,11,15H,8-10H2,1-3H3,(H,16,17). The summed E-state index contributed by atoms with van der Waals surface area (Å²) >= 11 is 0. The van der Waals surface area contributed by atoms with Crippen LogP contribution in [0.1, 0.15) is 6.92 Å². The van der Waals surface area contributed by atoms with E-state index in [1.54, 1.807) is 7.11 Å². The normalized spacial score (nSPS) is 11.7. The first-order chi connectivity index (χ1) is 9.17. The molecule has 1 aromatic carbocycles. The molecule has 0 radical (unpaired) electrons. The van der Waals surface area contributed by atoms with Crippen molar-refractivity contribution in [3.05, 3.63) is 24.3 Å². The van der Waals surface area contributed by atoms with E-state index in [2.05, 4.69) is 10.6 Å². The average molecular weight is 266 g/mol. The van der Waals surface area contributed by atoms with E-state index in [4.69, 9.17) is 9.47 Å². The van der Waals surface area contributed by atoms with E-state index in [9.17, 15) is 4.79 Å². The van der Waals surface area contributed by atoms with Crippen molar-refractivity contribution in [2.24, 2.45) is 5.92 Å². The predicted molar refractivity (Wildman–Crippen MR) is 74.6 cm³/mol. The molecular weight excluding hydrogens is 244 g/mol. The molecule has 0 heterocycles. The molecule has 5 nitrogen and oxygen atoms in total. The summed E-state index contributed by atoms with van der Waals surface area (Å²) in [6.45, 7) is 3.50. The van der Waals surface area contributed by atoms with Crippen molar-refractivity contribution in [3.63, 3.8) is 0 Å². The second-order valence-corrected chi connectivity index (χ2v) is 4.27. The first-order valence-corrected chi connectivity index (χ1v) is 6.36. The Labute approximate surface area is 114 Å². The maximum atomic E-state index is 11.6. The Morgan fingerprint density at radius 3 is 2.47 bits per heavy atom. The van der Waals surface area contributed by atoms with Gasteiger partial charge in [0.2, 0.25) is 5.91 Å². The summed E-state index contributed by atoms with van der Waals surface area (Å²) in [6, 6.07) is 7.35. The number of nitrogens with one attached hydrogen (secondary N) is 2. The Bertz CT molecular complexity index is 379. The highest BCUT2D eigenvalue weighted by atomic mass is 16.5. The molecule has 5 heteroatoms. The Kier molecular flexibility index (Phi) is 6.74. The minimum absolute atomic E-state index is 0.0349. The van der Waals surface area contributed by atoms with E-state index < -0.39 is 0 Å². The smallest absolute Gasteiger partial charge is 0.224 e. The van der Waals surface area contributed by atoms with E-state index in [1.807, 2.05) is 38.2 Å². The van der Waals surface area contributed by atoms with Crippen molar-refractivity contribution >= 4 is 5.91 Å². The molecule has 1 unspecified atom stereocenters. The van der Waals surface area contributed by atoms with Gasteiger partial charge in [-0.15, -0.1) is 0 Å². The highest BCUT2D eigenvalue weighted by Crippen LogP contribution is 2.16. The molecule has 2 N–H and O–H groups in total. The second kappa shape index (κ2) is 8.37. The van der Waals surface area contributed by atoms with E-state index >= 15 is 0 Å². The van der Waals surface area contributed by atoms with E-state index in [-0.39, 0.29) is 11.8 Å². The van der Waals surface area contributed by atoms with Crippen LogP contribution >= 0.6 is 0 Å². The number of carbonyl (C=O) groups is 1. The molecule has 0 bridgehead atoms. The number of benzene rings is 1. The van der Waals surface area contributed by atoms with Crippen molar-refractivity contribution in [3.8, 4) is 11.5 Å². The molecule has 0 saturated heterocycles. The van der Waals surface area contributed by atoms with Gasteiger partial charge in [0.1, 0.15) is 18.1 Å². The van der Waals surface area contributed by atoms with Crippen LogP contribution in [0.25, 0.3) is 0 Å². The lowest BCUT2D eigenvalue weighted by Gasteiger charge is -2.12. The summed E-state index contributed by atoms with van der Waals surface area (Å²) in [5, 5.41) is 5.80. The molecule has 1 aromatic rings. The summed E-state index contributed by atoms with van der Waals surface area (Å²) in [6.07, 6.45) is 0. The van der Waals surface area contributed by atoms with Gasteiger partial charge in [0.25, 0.3) is 0 Å². The fourth-order valence-electron chi connectivity index (χ4n) is 1.59. The van der Waals surface area contributed by atoms with Gasteiger partial charge < -0.3 is 20.1 Å². The third-order valence-electron chi connectivity index (χ3n) is 2.69. The molecule has 0 aliphatic carbocycles. The molecule has 106 valence electrons. The monoisotopic (exact) mass is 266 g/mol. The largest absolute Gasteiger partial charge is 0.497 e. The van der Waals surface area contributed by atoms with Gasteiger partial charge in [0.05, 0.1) is 13.7 Å². The first kappa shape index (κ1) is 15.3. The van der Waals surface area contributed by atoms with Gasteiger partial charge in [0.15, 0.2) is 0 Å². The zero-order valence-corrected chi connectivity index (χ0v) is 11.7. The maximum absolute atomic E-state index is 11.6. The number of amides is 1. The molecule has 1 rings (SSSR count). The molecule has 1 amide bonds. The Hall–Kier alpha value is -1.75. The third kappa shape index (κ3) is 5.61. The van der Waals surface area contributed by atoms with Gasteiger partial charge in [0, 0.05) is 12.5 Å². The van der Waals surface area contributed by atoms with Crippen molar-refractivity contribution in [2.45, 2.75) is 6.92 Å². The van der Waals surface area contributed by atoms with Gasteiger partial charge >= 0.3 is 0 Å². The molecule has 0 saturated carbocycles. The zero-order chi connectivity index (χ0) is 14.1. The number of methoxy groups -OCH3 is 1. The topological polar surface area (TPSA) is 59.6 Å². The Balaban J connectivity index is 2.21. The summed E-state index contributed by atoms with van der Waals surface area (Å²) in [7, 11) is 3.45. The molecule has 1 atom stereocenters. The van der Waals surface area contributed by atoms with Crippen LogP contribution in [-0.4, -0.2) is 39.8 Å². The van der Waals surface area contributed by atoms with Crippen LogP contribution in [0, 0.1) is 5.92 Å². The molecule has 19 heavy (non-hydrogen) atoms. The van der Waals surface area contributed by atoms with Crippen molar-refractivity contribution in [1.29, 1.82) is 0 Å². The van der Waals surface area contributed by atoms with Crippen LogP contribution in [-0.2, 0) is 4.79 Å². The fourth-order valence-corrected chi connectivity index (χ4v) is 1.59. The molecule has 0 aromatic heterocycles. The SMILES string of the molecule is CNCC(C)C(=O)NCCOc1ccc(OC)cc1. The summed E-state index contributed by atoms with van der Waals surface area (Å²) < 4.78 is 10.6. The number of carbonyl (C=O) groups excluding carboxylic acids is 1. The number of hydrogen-bond acceptors (Lipinski definition) is 4. The van der Waals surface area contributed by atoms with Crippen LogP contribution in [0.4, 0.5) is 0 Å². The average Bonchev–Trinajstić information content (AvgIpc) is 2.44. The molecule has 0 fully saturated rings. The highest BCUT2D eigenvalue weighted by molar-refractivity contribution is 5.78. The van der Waals surface area contributed by atoms with Gasteiger partial charge in [-0.2, -0.15) is 0 Å². The van der Waals surface area contributed by atoms with Crippen molar-refractivity contribution in [1.82, 2.24) is 10.6 Å². The fraction of sp³-hybridized carbons (Fsp3) is 0.500. The van der Waals surface area contributed by atoms with Crippen LogP contribution in [0.2, 0.25) is 0 Å². The molecule has 0 spiro atoms. The number of rotatable bonds is 8. The Morgan fingerprint density at radius 2 is 1.89 bits per heavy atom. The van der Waals surface area contributed by atoms with Gasteiger partial charge in [-0.3, -0.25) is 4.79 Å². The maximum Gasteiger partial charge on any atom is 0.224 e. The zero-order valence-electron chi connectivity index (χ0n) is 11.7. The number of hydrogen-bond donors (Lipinski definition) is 2. The summed E-state index contributed by atoms with van der Waals surface area (Å²) in [4.78, 5) is 11.6. The van der Waals surface area contributed by atoms with E-state index in [1.165, 1.54) is 0 Å². The Morgan fingerprint density at radius 1 is 1.26 bits per heavy atom. The highest BCUT2D eigenvalue weighted by Gasteiger charge is 2.10. The lowest BCUT2D eigenvalue weighted by Crippen LogP contribution is -2.36. The van der Waals surface area contributed by atoms with Gasteiger partial charge in [-0.1, -0.05) is 6.92 Å². The van der Waals surface area contributed by atoms with Crippen LogP contribution in [0.5, 0.6) is 11.5 Å². The predicted octanol–water partition coefficient (Wildman–Crippen LogP) is 1.05. The van der Waals surface area contributed by atoms with Crippen molar-refractivity contribution in [2.75, 3.05) is 33.9 Å². The van der Waals surface area contributed by atoms with E-state index in [0.29, 0.717) is 19.7 Å². The summed E-state index contributed by atoms with van der Waals surface area (Å²) in [5.74, 6) is 1.55. The van der Waals surface area contributed by atoms with E-state index in [0.717, 1.165) is 11.5 Å². The minimum atomic E-state index is -0.0361. The summed E-state index contributed by atoms with van der Waals surface area (Å²) in [5.41, 5.74) is 0. The van der Waals surface area contributed by atoms with Crippen LogP contribution in [0.3, 0.4) is 0 Å². The van der Waals surface area contributed by atoms with Crippen molar-refractivity contribution < 1.29 is 14.3 Å². The first-order valence-electron chi connectivity index (χ1n) is 6.36.